The third-order valence-electron chi connectivity index (χ3n) is 2.42. The molecule has 0 N–H and O–H groups in total. The molecule has 2 rings (SSSR count). The summed E-state index contributed by atoms with van der Waals surface area (Å²) in [6.07, 6.45) is 0. The number of methoxy groups -OCH3 is 1. The Kier molecular flexibility index (Phi) is 4.66. The van der Waals surface area contributed by atoms with E-state index in [0.29, 0.717) is 10.2 Å². The van der Waals surface area contributed by atoms with Crippen LogP contribution in [0, 0.1) is 5.82 Å². The lowest BCUT2D eigenvalue weighted by Crippen LogP contribution is -1.90. The summed E-state index contributed by atoms with van der Waals surface area (Å²) >= 11 is 4.86. The molecule has 0 spiro atoms. The van der Waals surface area contributed by atoms with E-state index < -0.39 is 0 Å². The Labute approximate surface area is 118 Å². The van der Waals surface area contributed by atoms with E-state index in [4.69, 9.17) is 4.74 Å². The average molecular weight is 327 g/mol. The summed E-state index contributed by atoms with van der Waals surface area (Å²) in [7, 11) is 1.59. The molecule has 0 heterocycles. The first kappa shape index (κ1) is 13.4. The van der Waals surface area contributed by atoms with Crippen LogP contribution in [0.5, 0.6) is 5.75 Å². The maximum atomic E-state index is 13.4. The molecule has 1 nitrogen and oxygen atoms in total. The van der Waals surface area contributed by atoms with Crippen LogP contribution in [0.25, 0.3) is 0 Å². The highest BCUT2D eigenvalue weighted by Crippen LogP contribution is 2.37. The lowest BCUT2D eigenvalue weighted by molar-refractivity contribution is 0.400. The molecule has 18 heavy (non-hydrogen) atoms. The van der Waals surface area contributed by atoms with Gasteiger partial charge in [-0.3, -0.25) is 0 Å². The summed E-state index contributed by atoms with van der Waals surface area (Å²) in [5.74, 6) is 1.20. The highest BCUT2D eigenvalue weighted by Gasteiger charge is 2.10. The zero-order valence-corrected chi connectivity index (χ0v) is 12.2. The molecule has 0 atom stereocenters. The van der Waals surface area contributed by atoms with Gasteiger partial charge in [0.25, 0.3) is 0 Å². The van der Waals surface area contributed by atoms with Crippen LogP contribution in [0.4, 0.5) is 4.39 Å². The molecule has 0 unspecified atom stereocenters. The average Bonchev–Trinajstić information content (AvgIpc) is 2.37. The lowest BCUT2D eigenvalue weighted by atomic mass is 10.2. The van der Waals surface area contributed by atoms with Crippen molar-refractivity contribution >= 4 is 27.7 Å². The Morgan fingerprint density at radius 1 is 1.22 bits per heavy atom. The van der Waals surface area contributed by atoms with E-state index in [1.807, 2.05) is 30.3 Å². The van der Waals surface area contributed by atoms with Gasteiger partial charge < -0.3 is 4.74 Å². The maximum absolute atomic E-state index is 13.4. The van der Waals surface area contributed by atoms with Crippen molar-refractivity contribution in [2.24, 2.45) is 0 Å². The zero-order valence-electron chi connectivity index (χ0n) is 9.82. The normalized spacial score (nSPS) is 10.4. The van der Waals surface area contributed by atoms with Crippen molar-refractivity contribution in [3.05, 3.63) is 58.3 Å². The Morgan fingerprint density at radius 3 is 2.61 bits per heavy atom. The van der Waals surface area contributed by atoms with Crippen molar-refractivity contribution in [2.75, 3.05) is 7.11 Å². The van der Waals surface area contributed by atoms with Crippen LogP contribution in [-0.4, -0.2) is 7.11 Å². The zero-order chi connectivity index (χ0) is 13.0. The Balaban J connectivity index is 2.18. The molecule has 0 aliphatic heterocycles. The van der Waals surface area contributed by atoms with E-state index >= 15 is 0 Å². The Hall–Kier alpha value is -1.00. The largest absolute Gasteiger partial charge is 0.494 e. The predicted molar refractivity (Wildman–Crippen MR) is 76.7 cm³/mol. The van der Waals surface area contributed by atoms with Gasteiger partial charge in [0.2, 0.25) is 0 Å². The van der Waals surface area contributed by atoms with Gasteiger partial charge in [-0.05, 0) is 33.6 Å². The first-order valence-electron chi connectivity index (χ1n) is 5.40. The van der Waals surface area contributed by atoms with Gasteiger partial charge in [-0.2, -0.15) is 0 Å². The lowest BCUT2D eigenvalue weighted by Gasteiger charge is -2.10. The number of benzene rings is 2. The van der Waals surface area contributed by atoms with Crippen molar-refractivity contribution in [2.45, 2.75) is 10.6 Å². The Morgan fingerprint density at radius 2 is 1.94 bits per heavy atom. The third kappa shape index (κ3) is 3.27. The molecule has 4 heteroatoms. The van der Waals surface area contributed by atoms with Gasteiger partial charge >= 0.3 is 0 Å². The van der Waals surface area contributed by atoms with E-state index in [9.17, 15) is 4.39 Å². The fourth-order valence-electron chi connectivity index (χ4n) is 1.58. The standard InChI is InChI=1S/C14H12BrFOS/c1-17-14-12(15)7-11(16)8-13(14)18-9-10-5-3-2-4-6-10/h2-8H,9H2,1H3. The van der Waals surface area contributed by atoms with E-state index in [-0.39, 0.29) is 5.82 Å². The molecular formula is C14H12BrFOS. The summed E-state index contributed by atoms with van der Waals surface area (Å²) < 4.78 is 19.3. The summed E-state index contributed by atoms with van der Waals surface area (Å²) in [6, 6.07) is 13.0. The number of rotatable bonds is 4. The van der Waals surface area contributed by atoms with E-state index in [1.165, 1.54) is 17.7 Å². The van der Waals surface area contributed by atoms with Crippen molar-refractivity contribution < 1.29 is 9.13 Å². The van der Waals surface area contributed by atoms with Crippen LogP contribution in [-0.2, 0) is 5.75 Å². The van der Waals surface area contributed by atoms with Gasteiger partial charge in [-0.1, -0.05) is 30.3 Å². The Bertz CT molecular complexity index is 531. The maximum Gasteiger partial charge on any atom is 0.146 e. The summed E-state index contributed by atoms with van der Waals surface area (Å²) in [5.41, 5.74) is 1.20. The second-order valence-electron chi connectivity index (χ2n) is 3.69. The quantitative estimate of drug-likeness (QED) is 0.740. The number of ether oxygens (including phenoxy) is 1. The molecule has 0 aliphatic rings. The minimum absolute atomic E-state index is 0.266. The first-order valence-corrected chi connectivity index (χ1v) is 7.18. The molecule has 2 aromatic carbocycles. The molecule has 0 radical (unpaired) electrons. The highest BCUT2D eigenvalue weighted by atomic mass is 79.9. The summed E-state index contributed by atoms with van der Waals surface area (Å²) in [5, 5.41) is 0. The third-order valence-corrected chi connectivity index (χ3v) is 4.10. The van der Waals surface area contributed by atoms with Crippen LogP contribution < -0.4 is 4.74 Å². The van der Waals surface area contributed by atoms with Gasteiger partial charge in [0.15, 0.2) is 0 Å². The first-order chi connectivity index (χ1) is 8.70. The van der Waals surface area contributed by atoms with E-state index in [0.717, 1.165) is 10.6 Å². The smallest absolute Gasteiger partial charge is 0.146 e. The van der Waals surface area contributed by atoms with Crippen molar-refractivity contribution in [3.63, 3.8) is 0 Å². The van der Waals surface area contributed by atoms with Gasteiger partial charge in [0.1, 0.15) is 11.6 Å². The fraction of sp³-hybridized carbons (Fsp3) is 0.143. The second kappa shape index (κ2) is 6.25. The van der Waals surface area contributed by atoms with Crippen LogP contribution in [0.1, 0.15) is 5.56 Å². The van der Waals surface area contributed by atoms with E-state index in [1.54, 1.807) is 18.9 Å². The molecule has 0 aliphatic carbocycles. The van der Waals surface area contributed by atoms with Crippen LogP contribution >= 0.6 is 27.7 Å². The second-order valence-corrected chi connectivity index (χ2v) is 5.56. The predicted octanol–water partition coefficient (Wildman–Crippen LogP) is 4.89. The van der Waals surface area contributed by atoms with Crippen LogP contribution in [0.2, 0.25) is 0 Å². The van der Waals surface area contributed by atoms with Gasteiger partial charge in [0.05, 0.1) is 16.5 Å². The molecule has 0 bridgehead atoms. The SMILES string of the molecule is COc1c(Br)cc(F)cc1SCc1ccccc1. The fourth-order valence-corrected chi connectivity index (χ4v) is 3.34. The molecule has 0 aromatic heterocycles. The number of halogens is 2. The monoisotopic (exact) mass is 326 g/mol. The number of hydrogen-bond donors (Lipinski definition) is 0. The number of thioether (sulfide) groups is 1. The molecule has 0 saturated carbocycles. The number of hydrogen-bond acceptors (Lipinski definition) is 2. The molecule has 0 saturated heterocycles. The topological polar surface area (TPSA) is 9.23 Å². The minimum Gasteiger partial charge on any atom is -0.494 e. The summed E-state index contributed by atoms with van der Waals surface area (Å²) in [4.78, 5) is 0.799. The molecule has 2 aromatic rings. The minimum atomic E-state index is -0.266. The molecule has 0 fully saturated rings. The van der Waals surface area contributed by atoms with Gasteiger partial charge in [-0.15, -0.1) is 11.8 Å². The van der Waals surface area contributed by atoms with Gasteiger partial charge in [-0.25, -0.2) is 4.39 Å². The van der Waals surface area contributed by atoms with Crippen molar-refractivity contribution in [1.82, 2.24) is 0 Å². The van der Waals surface area contributed by atoms with Crippen molar-refractivity contribution in [1.29, 1.82) is 0 Å². The van der Waals surface area contributed by atoms with Gasteiger partial charge in [0, 0.05) is 5.75 Å². The summed E-state index contributed by atoms with van der Waals surface area (Å²) in [6.45, 7) is 0. The highest BCUT2D eigenvalue weighted by molar-refractivity contribution is 9.10. The molecular weight excluding hydrogens is 315 g/mol. The molecule has 94 valence electrons. The molecule has 0 amide bonds. The van der Waals surface area contributed by atoms with Crippen molar-refractivity contribution in [3.8, 4) is 5.75 Å². The van der Waals surface area contributed by atoms with Crippen LogP contribution in [0.3, 0.4) is 0 Å². The van der Waals surface area contributed by atoms with Crippen LogP contribution in [0.15, 0.2) is 51.8 Å². The van der Waals surface area contributed by atoms with E-state index in [2.05, 4.69) is 15.9 Å².